The fourth-order valence-electron chi connectivity index (χ4n) is 2.70. The molecule has 0 radical (unpaired) electrons. The van der Waals surface area contributed by atoms with E-state index < -0.39 is 0 Å². The zero-order valence-electron chi connectivity index (χ0n) is 12.3. The van der Waals surface area contributed by atoms with Gasteiger partial charge in [0.2, 0.25) is 0 Å². The van der Waals surface area contributed by atoms with Gasteiger partial charge in [0.15, 0.2) is 0 Å². The molecule has 0 saturated carbocycles. The summed E-state index contributed by atoms with van der Waals surface area (Å²) in [5.74, 6) is 2.19. The van der Waals surface area contributed by atoms with Gasteiger partial charge in [-0.3, -0.25) is 0 Å². The quantitative estimate of drug-likeness (QED) is 0.917. The molecule has 1 heterocycles. The maximum Gasteiger partial charge on any atom is 0.123 e. The van der Waals surface area contributed by atoms with Crippen molar-refractivity contribution in [1.29, 1.82) is 0 Å². The van der Waals surface area contributed by atoms with E-state index in [1.165, 1.54) is 11.1 Å². The topological polar surface area (TPSA) is 44.5 Å². The Bertz CT molecular complexity index is 610. The number of rotatable bonds is 5. The summed E-state index contributed by atoms with van der Waals surface area (Å²) in [7, 11) is 0. The van der Waals surface area contributed by atoms with Crippen molar-refractivity contribution in [3.8, 4) is 11.5 Å². The van der Waals surface area contributed by atoms with Crippen LogP contribution >= 0.6 is 0 Å². The lowest BCUT2D eigenvalue weighted by Gasteiger charge is -2.13. The van der Waals surface area contributed by atoms with Crippen LogP contribution in [0.3, 0.4) is 0 Å². The number of nitrogens with two attached hydrogens (primary N) is 1. The van der Waals surface area contributed by atoms with Gasteiger partial charge in [-0.15, -0.1) is 0 Å². The van der Waals surface area contributed by atoms with Crippen LogP contribution in [-0.2, 0) is 6.42 Å². The zero-order valence-corrected chi connectivity index (χ0v) is 12.3. The minimum atomic E-state index is 0.162. The van der Waals surface area contributed by atoms with Crippen LogP contribution in [-0.4, -0.2) is 19.3 Å². The molecular weight excluding hydrogens is 262 g/mol. The van der Waals surface area contributed by atoms with Crippen molar-refractivity contribution >= 4 is 0 Å². The molecular formula is C18H21NO2. The fraction of sp³-hybridized carbons (Fsp3) is 0.333. The first-order chi connectivity index (χ1) is 10.2. The highest BCUT2D eigenvalue weighted by atomic mass is 16.5. The molecule has 2 aromatic rings. The lowest BCUT2D eigenvalue weighted by atomic mass is 10.0. The summed E-state index contributed by atoms with van der Waals surface area (Å²) in [6.45, 7) is 3.35. The Morgan fingerprint density at radius 1 is 1.24 bits per heavy atom. The van der Waals surface area contributed by atoms with Crippen molar-refractivity contribution < 1.29 is 9.47 Å². The standard InChI is InChI=1S/C18H21NO2/c1-13(19)9-14-5-4-6-16(10-14)20-11-15-12-21-18-8-3-2-7-17(15)18/h2-8,10,13,15H,9,11-12,19H2,1H3. The summed E-state index contributed by atoms with van der Waals surface area (Å²) < 4.78 is 11.6. The van der Waals surface area contributed by atoms with Crippen LogP contribution in [0.1, 0.15) is 24.0 Å². The Labute approximate surface area is 125 Å². The molecule has 1 aliphatic heterocycles. The van der Waals surface area contributed by atoms with Gasteiger partial charge in [0.05, 0.1) is 19.1 Å². The second kappa shape index (κ2) is 6.19. The van der Waals surface area contributed by atoms with Gasteiger partial charge in [-0.1, -0.05) is 30.3 Å². The van der Waals surface area contributed by atoms with E-state index in [0.29, 0.717) is 19.1 Å². The average molecular weight is 283 g/mol. The lowest BCUT2D eigenvalue weighted by molar-refractivity contribution is 0.248. The van der Waals surface area contributed by atoms with Crippen LogP contribution in [0.2, 0.25) is 0 Å². The first-order valence-corrected chi connectivity index (χ1v) is 7.41. The molecule has 3 nitrogen and oxygen atoms in total. The van der Waals surface area contributed by atoms with Gasteiger partial charge in [-0.05, 0) is 37.1 Å². The third-order valence-electron chi connectivity index (χ3n) is 3.71. The molecule has 1 aliphatic rings. The van der Waals surface area contributed by atoms with E-state index in [1.54, 1.807) is 0 Å². The number of benzene rings is 2. The van der Waals surface area contributed by atoms with Crippen molar-refractivity contribution in [2.45, 2.75) is 25.3 Å². The van der Waals surface area contributed by atoms with Crippen molar-refractivity contribution in [3.63, 3.8) is 0 Å². The summed E-state index contributed by atoms with van der Waals surface area (Å²) in [4.78, 5) is 0. The normalized spacial score (nSPS) is 17.9. The van der Waals surface area contributed by atoms with E-state index in [4.69, 9.17) is 15.2 Å². The van der Waals surface area contributed by atoms with E-state index in [0.717, 1.165) is 17.9 Å². The highest BCUT2D eigenvalue weighted by Gasteiger charge is 2.24. The van der Waals surface area contributed by atoms with E-state index in [9.17, 15) is 0 Å². The SMILES string of the molecule is CC(N)Cc1cccc(OCC2COc3ccccc32)c1. The monoisotopic (exact) mass is 283 g/mol. The minimum Gasteiger partial charge on any atom is -0.493 e. The van der Waals surface area contributed by atoms with Crippen LogP contribution in [0, 0.1) is 0 Å². The van der Waals surface area contributed by atoms with Gasteiger partial charge < -0.3 is 15.2 Å². The maximum absolute atomic E-state index is 5.95. The fourth-order valence-corrected chi connectivity index (χ4v) is 2.70. The van der Waals surface area contributed by atoms with Crippen LogP contribution < -0.4 is 15.2 Å². The van der Waals surface area contributed by atoms with Crippen LogP contribution in [0.15, 0.2) is 48.5 Å². The highest BCUT2D eigenvalue weighted by Crippen LogP contribution is 2.33. The third kappa shape index (κ3) is 3.37. The van der Waals surface area contributed by atoms with Crippen molar-refractivity contribution in [3.05, 3.63) is 59.7 Å². The van der Waals surface area contributed by atoms with Gasteiger partial charge in [0.25, 0.3) is 0 Å². The van der Waals surface area contributed by atoms with Crippen molar-refractivity contribution in [2.75, 3.05) is 13.2 Å². The number of ether oxygens (including phenoxy) is 2. The molecule has 2 atom stereocenters. The Kier molecular flexibility index (Phi) is 4.11. The molecule has 2 N–H and O–H groups in total. The van der Waals surface area contributed by atoms with Crippen LogP contribution in [0.4, 0.5) is 0 Å². The van der Waals surface area contributed by atoms with Gasteiger partial charge >= 0.3 is 0 Å². The second-order valence-corrected chi connectivity index (χ2v) is 5.69. The maximum atomic E-state index is 5.95. The van der Waals surface area contributed by atoms with Crippen molar-refractivity contribution in [1.82, 2.24) is 0 Å². The number of hydrogen-bond acceptors (Lipinski definition) is 3. The van der Waals surface area contributed by atoms with Crippen molar-refractivity contribution in [2.24, 2.45) is 5.73 Å². The summed E-state index contributed by atoms with van der Waals surface area (Å²) in [5, 5.41) is 0. The molecule has 2 aromatic carbocycles. The Balaban J connectivity index is 1.63. The van der Waals surface area contributed by atoms with E-state index >= 15 is 0 Å². The summed E-state index contributed by atoms with van der Waals surface area (Å²) >= 11 is 0. The van der Waals surface area contributed by atoms with E-state index in [2.05, 4.69) is 18.2 Å². The largest absolute Gasteiger partial charge is 0.493 e. The van der Waals surface area contributed by atoms with Gasteiger partial charge in [-0.25, -0.2) is 0 Å². The zero-order chi connectivity index (χ0) is 14.7. The van der Waals surface area contributed by atoms with Gasteiger partial charge in [0.1, 0.15) is 11.5 Å². The second-order valence-electron chi connectivity index (χ2n) is 5.69. The minimum absolute atomic E-state index is 0.162. The third-order valence-corrected chi connectivity index (χ3v) is 3.71. The first kappa shape index (κ1) is 14.0. The Hall–Kier alpha value is -2.00. The highest BCUT2D eigenvalue weighted by molar-refractivity contribution is 5.40. The Morgan fingerprint density at radius 2 is 2.10 bits per heavy atom. The molecule has 110 valence electrons. The Morgan fingerprint density at radius 3 is 2.95 bits per heavy atom. The molecule has 2 unspecified atom stereocenters. The smallest absolute Gasteiger partial charge is 0.123 e. The molecule has 0 saturated heterocycles. The predicted octanol–water partition coefficient (Wildman–Crippen LogP) is 3.13. The van der Waals surface area contributed by atoms with E-state index in [-0.39, 0.29) is 6.04 Å². The average Bonchev–Trinajstić information content (AvgIpc) is 2.88. The molecule has 3 heteroatoms. The summed E-state index contributed by atoms with van der Waals surface area (Å²) in [6, 6.07) is 16.5. The molecule has 0 bridgehead atoms. The molecule has 0 aromatic heterocycles. The number of para-hydroxylation sites is 1. The van der Waals surface area contributed by atoms with Gasteiger partial charge in [-0.2, -0.15) is 0 Å². The van der Waals surface area contributed by atoms with Crippen LogP contribution in [0.5, 0.6) is 11.5 Å². The molecule has 0 amide bonds. The predicted molar refractivity (Wildman–Crippen MR) is 84.0 cm³/mol. The number of fused-ring (bicyclic) bond motifs is 1. The summed E-state index contributed by atoms with van der Waals surface area (Å²) in [6.07, 6.45) is 0.868. The van der Waals surface area contributed by atoms with Crippen LogP contribution in [0.25, 0.3) is 0 Å². The van der Waals surface area contributed by atoms with E-state index in [1.807, 2.05) is 37.3 Å². The molecule has 3 rings (SSSR count). The molecule has 0 spiro atoms. The summed E-state index contributed by atoms with van der Waals surface area (Å²) in [5.41, 5.74) is 8.30. The molecule has 0 fully saturated rings. The van der Waals surface area contributed by atoms with Gasteiger partial charge in [0, 0.05) is 11.6 Å². The number of hydrogen-bond donors (Lipinski definition) is 1. The molecule has 0 aliphatic carbocycles. The lowest BCUT2D eigenvalue weighted by Crippen LogP contribution is -2.17. The molecule has 21 heavy (non-hydrogen) atoms. The first-order valence-electron chi connectivity index (χ1n) is 7.41.